The molecule has 36 heavy (non-hydrogen) atoms. The average Bonchev–Trinajstić information content (AvgIpc) is 3.19. The standard InChI is InChI=1S/C24H27F2N5O5/c1-13(25)30(2)22(36)20(34)29-24-9-7-14(11-24)8-10-31-21(35)18(32)17(28-23(24)31)19(33)27-12-15-3-5-16(26)6-4-15/h3-6,13-14,32H,7-12H2,1-2H3,(H,27,33)(H,29,34). The molecule has 12 heteroatoms. The minimum atomic E-state index is -1.69. The largest absolute Gasteiger partial charge is 0.501 e. The van der Waals surface area contributed by atoms with Gasteiger partial charge in [-0.05, 0) is 56.2 Å². The summed E-state index contributed by atoms with van der Waals surface area (Å²) in [5.74, 6) is -4.07. The van der Waals surface area contributed by atoms with Crippen LogP contribution in [0.1, 0.15) is 54.5 Å². The van der Waals surface area contributed by atoms with E-state index < -0.39 is 52.4 Å². The van der Waals surface area contributed by atoms with Crippen molar-refractivity contribution in [2.75, 3.05) is 7.05 Å². The molecule has 4 rings (SSSR count). The smallest absolute Gasteiger partial charge is 0.313 e. The number of alkyl halides is 1. The van der Waals surface area contributed by atoms with Gasteiger partial charge in [-0.2, -0.15) is 0 Å². The molecule has 3 atom stereocenters. The van der Waals surface area contributed by atoms with Gasteiger partial charge in [0.05, 0.1) is 5.54 Å². The summed E-state index contributed by atoms with van der Waals surface area (Å²) in [7, 11) is 1.16. The van der Waals surface area contributed by atoms with Crippen molar-refractivity contribution in [3.63, 3.8) is 0 Å². The second-order valence-corrected chi connectivity index (χ2v) is 9.32. The molecule has 0 radical (unpaired) electrons. The van der Waals surface area contributed by atoms with Crippen molar-refractivity contribution in [2.45, 2.75) is 57.5 Å². The molecule has 2 aromatic rings. The number of amides is 3. The highest BCUT2D eigenvalue weighted by Crippen LogP contribution is 2.45. The summed E-state index contributed by atoms with van der Waals surface area (Å²) in [5, 5.41) is 15.7. The number of carbonyl (C=O) groups is 3. The minimum absolute atomic E-state index is 0.00907. The summed E-state index contributed by atoms with van der Waals surface area (Å²) in [6.07, 6.45) is 0.297. The van der Waals surface area contributed by atoms with Gasteiger partial charge in [0.2, 0.25) is 5.75 Å². The number of benzene rings is 1. The van der Waals surface area contributed by atoms with Crippen molar-refractivity contribution in [1.29, 1.82) is 0 Å². The van der Waals surface area contributed by atoms with E-state index in [1.165, 1.54) is 28.8 Å². The zero-order chi connectivity index (χ0) is 26.2. The Morgan fingerprint density at radius 1 is 1.28 bits per heavy atom. The summed E-state index contributed by atoms with van der Waals surface area (Å²) in [6, 6.07) is 5.42. The highest BCUT2D eigenvalue weighted by Gasteiger charge is 2.48. The molecule has 2 aliphatic rings. The maximum absolute atomic E-state index is 13.6. The third kappa shape index (κ3) is 4.67. The average molecular weight is 504 g/mol. The molecule has 1 aromatic heterocycles. The first-order chi connectivity index (χ1) is 17.0. The van der Waals surface area contributed by atoms with Crippen LogP contribution in [0.25, 0.3) is 0 Å². The van der Waals surface area contributed by atoms with Crippen molar-refractivity contribution < 1.29 is 28.3 Å². The van der Waals surface area contributed by atoms with E-state index in [0.29, 0.717) is 36.1 Å². The molecule has 1 aliphatic carbocycles. The van der Waals surface area contributed by atoms with Gasteiger partial charge in [0.25, 0.3) is 11.5 Å². The zero-order valence-corrected chi connectivity index (χ0v) is 19.9. The van der Waals surface area contributed by atoms with Crippen LogP contribution in [0, 0.1) is 11.7 Å². The lowest BCUT2D eigenvalue weighted by atomic mass is 9.94. The van der Waals surface area contributed by atoms with Gasteiger partial charge < -0.3 is 20.6 Å². The predicted molar refractivity (Wildman–Crippen MR) is 123 cm³/mol. The lowest BCUT2D eigenvalue weighted by Crippen LogP contribution is -2.53. The number of halogens is 2. The van der Waals surface area contributed by atoms with Gasteiger partial charge in [0.15, 0.2) is 12.0 Å². The molecule has 1 aromatic carbocycles. The Labute approximate surface area is 205 Å². The van der Waals surface area contributed by atoms with Gasteiger partial charge in [-0.15, -0.1) is 0 Å². The minimum Gasteiger partial charge on any atom is -0.501 e. The number of fused-ring (bicyclic) bond motifs is 4. The first-order valence-electron chi connectivity index (χ1n) is 11.6. The van der Waals surface area contributed by atoms with Crippen molar-refractivity contribution >= 4 is 17.7 Å². The number of aromatic nitrogens is 2. The molecule has 0 saturated heterocycles. The number of hydrogen-bond acceptors (Lipinski definition) is 6. The quantitative estimate of drug-likeness (QED) is 0.416. The molecular formula is C24H27F2N5O5. The molecule has 1 saturated carbocycles. The second-order valence-electron chi connectivity index (χ2n) is 9.32. The van der Waals surface area contributed by atoms with Crippen LogP contribution in [-0.4, -0.2) is 50.6 Å². The maximum Gasteiger partial charge on any atom is 0.313 e. The van der Waals surface area contributed by atoms with Crippen LogP contribution in [-0.2, 0) is 28.2 Å². The normalized spacial score (nSPS) is 21.2. The molecule has 1 fully saturated rings. The molecule has 10 nitrogen and oxygen atoms in total. The fraction of sp³-hybridized carbons (Fsp3) is 0.458. The van der Waals surface area contributed by atoms with Crippen LogP contribution in [0.3, 0.4) is 0 Å². The van der Waals surface area contributed by atoms with Crippen LogP contribution in [0.2, 0.25) is 0 Å². The topological polar surface area (TPSA) is 134 Å². The zero-order valence-electron chi connectivity index (χ0n) is 19.9. The van der Waals surface area contributed by atoms with E-state index in [0.717, 1.165) is 14.0 Å². The summed E-state index contributed by atoms with van der Waals surface area (Å²) in [4.78, 5) is 56.1. The predicted octanol–water partition coefficient (Wildman–Crippen LogP) is 1.31. The Bertz CT molecular complexity index is 1260. The van der Waals surface area contributed by atoms with Crippen LogP contribution in [0.15, 0.2) is 29.1 Å². The van der Waals surface area contributed by atoms with E-state index in [4.69, 9.17) is 0 Å². The number of aromatic hydroxyl groups is 1. The van der Waals surface area contributed by atoms with Gasteiger partial charge in [0.1, 0.15) is 11.6 Å². The molecule has 2 bridgehead atoms. The lowest BCUT2D eigenvalue weighted by Gasteiger charge is -2.32. The number of nitrogens with zero attached hydrogens (tertiary/aromatic N) is 3. The van der Waals surface area contributed by atoms with E-state index in [1.54, 1.807) is 0 Å². The number of hydrogen-bond donors (Lipinski definition) is 3. The van der Waals surface area contributed by atoms with E-state index in [1.807, 2.05) is 0 Å². The molecular weight excluding hydrogens is 476 g/mol. The monoisotopic (exact) mass is 503 g/mol. The second kappa shape index (κ2) is 9.67. The molecule has 1 aliphatic heterocycles. The Hall–Kier alpha value is -3.83. The van der Waals surface area contributed by atoms with Crippen LogP contribution in [0.4, 0.5) is 8.78 Å². The van der Waals surface area contributed by atoms with Crippen molar-refractivity contribution in [3.8, 4) is 5.75 Å². The van der Waals surface area contributed by atoms with Gasteiger partial charge >= 0.3 is 11.8 Å². The first-order valence-corrected chi connectivity index (χ1v) is 11.6. The molecule has 3 N–H and O–H groups in total. The Balaban J connectivity index is 1.68. The molecule has 3 unspecified atom stereocenters. The molecule has 192 valence electrons. The summed E-state index contributed by atoms with van der Waals surface area (Å²) < 4.78 is 28.0. The van der Waals surface area contributed by atoms with Gasteiger partial charge in [-0.1, -0.05) is 12.1 Å². The van der Waals surface area contributed by atoms with Gasteiger partial charge in [-0.3, -0.25) is 23.7 Å². The maximum atomic E-state index is 13.6. The van der Waals surface area contributed by atoms with Crippen molar-refractivity contribution in [3.05, 3.63) is 57.5 Å². The van der Waals surface area contributed by atoms with Crippen LogP contribution >= 0.6 is 0 Å². The van der Waals surface area contributed by atoms with E-state index >= 15 is 0 Å². The van der Waals surface area contributed by atoms with Crippen molar-refractivity contribution in [2.24, 2.45) is 5.92 Å². The molecule has 0 spiro atoms. The van der Waals surface area contributed by atoms with Crippen LogP contribution in [0.5, 0.6) is 5.75 Å². The summed E-state index contributed by atoms with van der Waals surface area (Å²) >= 11 is 0. The number of nitrogens with one attached hydrogen (secondary N) is 2. The number of likely N-dealkylation sites (N-methyl/N-ethyl adjacent to an activating group) is 1. The van der Waals surface area contributed by atoms with E-state index in [-0.39, 0.29) is 24.8 Å². The van der Waals surface area contributed by atoms with E-state index in [2.05, 4.69) is 15.6 Å². The molecule has 3 amide bonds. The Morgan fingerprint density at radius 2 is 1.97 bits per heavy atom. The Kier molecular flexibility index (Phi) is 6.79. The fourth-order valence-electron chi connectivity index (χ4n) is 4.81. The lowest BCUT2D eigenvalue weighted by molar-refractivity contribution is -0.149. The van der Waals surface area contributed by atoms with Crippen LogP contribution < -0.4 is 16.2 Å². The summed E-state index contributed by atoms with van der Waals surface area (Å²) in [5.41, 5.74) is -2.02. The SMILES string of the molecule is CC(F)N(C)C(=O)C(=O)NC12CCC(CCn3c1nc(C(=O)NCc1ccc(F)cc1)c(O)c3=O)C2. The van der Waals surface area contributed by atoms with Crippen molar-refractivity contribution in [1.82, 2.24) is 25.1 Å². The van der Waals surface area contributed by atoms with Gasteiger partial charge in [0, 0.05) is 20.1 Å². The van der Waals surface area contributed by atoms with E-state index in [9.17, 15) is 33.1 Å². The first kappa shape index (κ1) is 25.3. The highest BCUT2D eigenvalue weighted by molar-refractivity contribution is 6.35. The summed E-state index contributed by atoms with van der Waals surface area (Å²) in [6.45, 7) is 1.32. The third-order valence-electron chi connectivity index (χ3n) is 6.93. The van der Waals surface area contributed by atoms with Gasteiger partial charge in [-0.25, -0.2) is 13.8 Å². The Morgan fingerprint density at radius 3 is 2.64 bits per heavy atom. The third-order valence-corrected chi connectivity index (χ3v) is 6.93. The number of carbonyl (C=O) groups excluding carboxylic acids is 3. The number of rotatable bonds is 5. The fourth-order valence-corrected chi connectivity index (χ4v) is 4.81. The highest BCUT2D eigenvalue weighted by atomic mass is 19.1. The molecule has 2 heterocycles.